The van der Waals surface area contributed by atoms with E-state index in [1.807, 2.05) is 61.3 Å². The largest absolute Gasteiger partial charge is 0.372 e. The maximum absolute atomic E-state index is 14.8. The van der Waals surface area contributed by atoms with E-state index in [2.05, 4.69) is 10.4 Å². The third-order valence-electron chi connectivity index (χ3n) is 5.64. The number of morpholine rings is 1. The minimum absolute atomic E-state index is 0.0578. The Labute approximate surface area is 193 Å². The zero-order chi connectivity index (χ0) is 23.4. The molecule has 33 heavy (non-hydrogen) atoms. The summed E-state index contributed by atoms with van der Waals surface area (Å²) in [5.74, 6) is -0.287. The lowest BCUT2D eigenvalue weighted by Gasteiger charge is -2.37. The average molecular weight is 452 g/mol. The Morgan fingerprint density at radius 3 is 2.58 bits per heavy atom. The molecule has 8 heteroatoms. The molecule has 7 nitrogen and oxygen atoms in total. The number of halogens is 1. The van der Waals surface area contributed by atoms with Crippen LogP contribution in [0.4, 0.5) is 14.9 Å². The summed E-state index contributed by atoms with van der Waals surface area (Å²) in [5, 5.41) is 7.22. The monoisotopic (exact) mass is 451 g/mol. The van der Waals surface area contributed by atoms with Gasteiger partial charge in [-0.1, -0.05) is 24.3 Å². The SMILES string of the molecule is CC1CN(c2ccc(CNC(=O)N(C)Cc3cnn(-c4ccccc4)c3)cc2F)CC(C)O1. The Kier molecular flexibility index (Phi) is 6.93. The number of hydrogen-bond donors (Lipinski definition) is 1. The van der Waals surface area contributed by atoms with E-state index in [4.69, 9.17) is 4.74 Å². The van der Waals surface area contributed by atoms with E-state index in [1.165, 1.54) is 6.07 Å². The number of carbonyl (C=O) groups excluding carboxylic acids is 1. The van der Waals surface area contributed by atoms with Crippen molar-refractivity contribution in [3.63, 3.8) is 0 Å². The zero-order valence-electron chi connectivity index (χ0n) is 19.2. The summed E-state index contributed by atoms with van der Waals surface area (Å²) in [7, 11) is 1.72. The van der Waals surface area contributed by atoms with Crippen LogP contribution in [-0.4, -0.2) is 53.1 Å². The highest BCUT2D eigenvalue weighted by molar-refractivity contribution is 5.73. The molecule has 2 heterocycles. The predicted molar refractivity (Wildman–Crippen MR) is 126 cm³/mol. The number of nitrogens with zero attached hydrogens (tertiary/aromatic N) is 4. The number of aromatic nitrogens is 2. The molecule has 2 unspecified atom stereocenters. The number of hydrogen-bond acceptors (Lipinski definition) is 4. The van der Waals surface area contributed by atoms with Gasteiger partial charge in [0.15, 0.2) is 0 Å². The van der Waals surface area contributed by atoms with E-state index in [-0.39, 0.29) is 30.6 Å². The van der Waals surface area contributed by atoms with E-state index in [9.17, 15) is 9.18 Å². The van der Waals surface area contributed by atoms with Crippen molar-refractivity contribution < 1.29 is 13.9 Å². The molecule has 0 spiro atoms. The molecule has 4 rings (SSSR count). The smallest absolute Gasteiger partial charge is 0.317 e. The fourth-order valence-electron chi connectivity index (χ4n) is 4.11. The number of amides is 2. The molecule has 0 radical (unpaired) electrons. The van der Waals surface area contributed by atoms with Gasteiger partial charge in [0, 0.05) is 38.4 Å². The van der Waals surface area contributed by atoms with E-state index in [1.54, 1.807) is 28.9 Å². The third-order valence-corrected chi connectivity index (χ3v) is 5.64. The fourth-order valence-corrected chi connectivity index (χ4v) is 4.11. The molecule has 1 aromatic heterocycles. The fraction of sp³-hybridized carbons (Fsp3) is 0.360. The van der Waals surface area contributed by atoms with Crippen molar-refractivity contribution in [2.24, 2.45) is 0 Å². The van der Waals surface area contributed by atoms with Crippen molar-refractivity contribution >= 4 is 11.7 Å². The topological polar surface area (TPSA) is 62.6 Å². The van der Waals surface area contributed by atoms with E-state index in [0.29, 0.717) is 30.9 Å². The summed E-state index contributed by atoms with van der Waals surface area (Å²) in [6.45, 7) is 5.96. The van der Waals surface area contributed by atoms with E-state index < -0.39 is 0 Å². The number of anilines is 1. The van der Waals surface area contributed by atoms with Gasteiger partial charge in [0.25, 0.3) is 0 Å². The molecule has 0 bridgehead atoms. The van der Waals surface area contributed by atoms with Crippen molar-refractivity contribution in [3.05, 3.63) is 77.9 Å². The Balaban J connectivity index is 1.31. The Bertz CT molecular complexity index is 1080. The van der Waals surface area contributed by atoms with Crippen LogP contribution in [0.3, 0.4) is 0 Å². The van der Waals surface area contributed by atoms with Crippen LogP contribution in [0.2, 0.25) is 0 Å². The molecule has 174 valence electrons. The molecule has 1 fully saturated rings. The maximum Gasteiger partial charge on any atom is 0.317 e. The highest BCUT2D eigenvalue weighted by Crippen LogP contribution is 2.24. The second-order valence-corrected chi connectivity index (χ2v) is 8.59. The molecule has 2 atom stereocenters. The quantitative estimate of drug-likeness (QED) is 0.616. The number of para-hydroxylation sites is 1. The molecule has 2 aromatic carbocycles. The van der Waals surface area contributed by atoms with Crippen molar-refractivity contribution in [2.45, 2.75) is 39.1 Å². The van der Waals surface area contributed by atoms with E-state index >= 15 is 0 Å². The van der Waals surface area contributed by atoms with Gasteiger partial charge in [0.2, 0.25) is 0 Å². The minimum Gasteiger partial charge on any atom is -0.372 e. The summed E-state index contributed by atoms with van der Waals surface area (Å²) in [4.78, 5) is 16.1. The van der Waals surface area contributed by atoms with Crippen LogP contribution in [0.25, 0.3) is 5.69 Å². The van der Waals surface area contributed by atoms with E-state index in [0.717, 1.165) is 11.3 Å². The van der Waals surface area contributed by atoms with Crippen molar-refractivity contribution in [1.82, 2.24) is 20.0 Å². The average Bonchev–Trinajstić information content (AvgIpc) is 3.26. The molecular weight excluding hydrogens is 421 g/mol. The maximum atomic E-state index is 14.8. The number of benzene rings is 2. The second kappa shape index (κ2) is 10.0. The molecule has 0 saturated carbocycles. The van der Waals surface area contributed by atoms with Gasteiger partial charge in [-0.05, 0) is 43.7 Å². The van der Waals surface area contributed by atoms with Crippen molar-refractivity contribution in [1.29, 1.82) is 0 Å². The summed E-state index contributed by atoms with van der Waals surface area (Å²) in [6, 6.07) is 14.7. The van der Waals surface area contributed by atoms with Crippen LogP contribution in [0.1, 0.15) is 25.0 Å². The summed E-state index contributed by atoms with van der Waals surface area (Å²) in [6.07, 6.45) is 3.77. The van der Waals surface area contributed by atoms with Gasteiger partial charge in [-0.25, -0.2) is 13.9 Å². The highest BCUT2D eigenvalue weighted by atomic mass is 19.1. The number of ether oxygens (including phenoxy) is 1. The summed E-state index contributed by atoms with van der Waals surface area (Å²) >= 11 is 0. The van der Waals surface area contributed by atoms with Crippen LogP contribution in [0, 0.1) is 5.82 Å². The van der Waals surface area contributed by atoms with Crippen LogP contribution >= 0.6 is 0 Å². The molecule has 1 aliphatic heterocycles. The third kappa shape index (κ3) is 5.70. The normalized spacial score (nSPS) is 18.2. The summed E-state index contributed by atoms with van der Waals surface area (Å²) in [5.41, 5.74) is 3.16. The Morgan fingerprint density at radius 2 is 1.88 bits per heavy atom. The lowest BCUT2D eigenvalue weighted by Crippen LogP contribution is -2.45. The second-order valence-electron chi connectivity index (χ2n) is 8.59. The molecule has 1 aliphatic rings. The van der Waals surface area contributed by atoms with Crippen LogP contribution in [-0.2, 0) is 17.8 Å². The lowest BCUT2D eigenvalue weighted by atomic mass is 10.1. The Hall–Kier alpha value is -3.39. The van der Waals surface area contributed by atoms with Gasteiger partial charge in [-0.2, -0.15) is 5.10 Å². The molecule has 3 aromatic rings. The molecule has 0 aliphatic carbocycles. The van der Waals surface area contributed by atoms with Gasteiger partial charge in [0.05, 0.1) is 36.3 Å². The molecule has 1 saturated heterocycles. The van der Waals surface area contributed by atoms with Crippen LogP contribution in [0.15, 0.2) is 60.9 Å². The number of urea groups is 1. The highest BCUT2D eigenvalue weighted by Gasteiger charge is 2.24. The molecule has 1 N–H and O–H groups in total. The van der Waals surface area contributed by atoms with Gasteiger partial charge < -0.3 is 19.9 Å². The predicted octanol–water partition coefficient (Wildman–Crippen LogP) is 3.97. The van der Waals surface area contributed by atoms with Crippen molar-refractivity contribution in [3.8, 4) is 5.69 Å². The lowest BCUT2D eigenvalue weighted by molar-refractivity contribution is -0.00539. The van der Waals surface area contributed by atoms with Gasteiger partial charge in [-0.15, -0.1) is 0 Å². The first-order chi connectivity index (χ1) is 15.9. The summed E-state index contributed by atoms with van der Waals surface area (Å²) < 4.78 is 22.3. The first-order valence-corrected chi connectivity index (χ1v) is 11.2. The van der Waals surface area contributed by atoms with Crippen molar-refractivity contribution in [2.75, 3.05) is 25.0 Å². The van der Waals surface area contributed by atoms with Crippen LogP contribution < -0.4 is 10.2 Å². The minimum atomic E-state index is -0.287. The van der Waals surface area contributed by atoms with Crippen LogP contribution in [0.5, 0.6) is 0 Å². The molecular formula is C25H30FN5O2. The number of rotatable bonds is 6. The molecule has 2 amide bonds. The van der Waals surface area contributed by atoms with Gasteiger partial charge in [0.1, 0.15) is 5.82 Å². The zero-order valence-corrected chi connectivity index (χ0v) is 19.2. The van der Waals surface area contributed by atoms with Gasteiger partial charge in [-0.3, -0.25) is 0 Å². The Morgan fingerprint density at radius 1 is 1.15 bits per heavy atom. The number of carbonyl (C=O) groups is 1. The first kappa shape index (κ1) is 22.8. The first-order valence-electron chi connectivity index (χ1n) is 11.2. The standard InChI is InChI=1S/C25H30FN5O2/c1-18-14-30(15-19(2)33-18)24-10-9-20(11-23(24)26)12-27-25(32)29(3)16-21-13-28-31(17-21)22-7-5-4-6-8-22/h4-11,13,17-19H,12,14-16H2,1-3H3,(H,27,32). The number of nitrogens with one attached hydrogen (secondary N) is 1. The van der Waals surface area contributed by atoms with Gasteiger partial charge >= 0.3 is 6.03 Å².